The standard InChI is InChI=1S/C13H15ClN2O2S/c14-6-1-2-12(18)15-7-5-13-16-10-4-3-9(17)8-11(10)19-13/h3-4,8,13H,1-2,5-7H2,(H,15,18). The average molecular weight is 299 g/mol. The Morgan fingerprint density at radius 3 is 3.11 bits per heavy atom. The Morgan fingerprint density at radius 2 is 2.32 bits per heavy atom. The molecule has 1 aliphatic heterocycles. The molecule has 0 bridgehead atoms. The molecule has 1 aliphatic carbocycles. The maximum Gasteiger partial charge on any atom is 0.220 e. The van der Waals surface area contributed by atoms with E-state index >= 15 is 0 Å². The van der Waals surface area contributed by atoms with Crippen molar-refractivity contribution in [3.05, 3.63) is 23.1 Å². The van der Waals surface area contributed by atoms with Crippen molar-refractivity contribution in [2.45, 2.75) is 24.6 Å². The molecule has 2 rings (SSSR count). The van der Waals surface area contributed by atoms with Gasteiger partial charge in [-0.3, -0.25) is 14.6 Å². The Hall–Kier alpha value is -1.07. The fraction of sp³-hybridized carbons (Fsp3) is 0.462. The minimum atomic E-state index is 0.0106. The fourth-order valence-corrected chi connectivity index (χ4v) is 3.05. The number of ketones is 1. The third-order valence-electron chi connectivity index (χ3n) is 2.73. The zero-order chi connectivity index (χ0) is 13.7. The highest BCUT2D eigenvalue weighted by Gasteiger charge is 2.24. The topological polar surface area (TPSA) is 58.5 Å². The van der Waals surface area contributed by atoms with Crippen molar-refractivity contribution in [2.24, 2.45) is 4.99 Å². The van der Waals surface area contributed by atoms with Gasteiger partial charge in [0, 0.05) is 29.8 Å². The van der Waals surface area contributed by atoms with Crippen LogP contribution in [0.25, 0.3) is 0 Å². The van der Waals surface area contributed by atoms with Crippen molar-refractivity contribution in [1.82, 2.24) is 5.32 Å². The van der Waals surface area contributed by atoms with E-state index < -0.39 is 0 Å². The zero-order valence-corrected chi connectivity index (χ0v) is 12.0. The molecule has 0 aromatic heterocycles. The largest absolute Gasteiger partial charge is 0.356 e. The van der Waals surface area contributed by atoms with Crippen LogP contribution in [0.4, 0.5) is 0 Å². The molecule has 1 amide bonds. The molecule has 0 aromatic rings. The number of aliphatic imine (C=N–C) groups is 1. The Kier molecular flexibility index (Phi) is 5.22. The molecule has 4 nitrogen and oxygen atoms in total. The van der Waals surface area contributed by atoms with Crippen LogP contribution >= 0.6 is 23.4 Å². The second-order valence-corrected chi connectivity index (χ2v) is 5.86. The van der Waals surface area contributed by atoms with Crippen molar-refractivity contribution < 1.29 is 9.59 Å². The van der Waals surface area contributed by atoms with E-state index in [1.54, 1.807) is 23.9 Å². The molecule has 2 aliphatic rings. The number of carbonyl (C=O) groups is 2. The summed E-state index contributed by atoms with van der Waals surface area (Å²) >= 11 is 7.10. The first-order chi connectivity index (χ1) is 9.19. The molecule has 0 aromatic carbocycles. The summed E-state index contributed by atoms with van der Waals surface area (Å²) in [5.74, 6) is 0.549. The van der Waals surface area contributed by atoms with E-state index in [0.29, 0.717) is 25.3 Å². The van der Waals surface area contributed by atoms with Gasteiger partial charge in [-0.05, 0) is 25.0 Å². The van der Waals surface area contributed by atoms with Gasteiger partial charge in [-0.2, -0.15) is 0 Å². The van der Waals surface area contributed by atoms with E-state index in [2.05, 4.69) is 10.3 Å². The highest BCUT2D eigenvalue weighted by molar-refractivity contribution is 8.05. The lowest BCUT2D eigenvalue weighted by molar-refractivity contribution is -0.121. The van der Waals surface area contributed by atoms with Gasteiger partial charge in [-0.1, -0.05) is 11.8 Å². The molecule has 19 heavy (non-hydrogen) atoms. The summed E-state index contributed by atoms with van der Waals surface area (Å²) in [4.78, 5) is 28.0. The van der Waals surface area contributed by atoms with Crippen molar-refractivity contribution in [3.8, 4) is 0 Å². The summed E-state index contributed by atoms with van der Waals surface area (Å²) in [6.45, 7) is 0.598. The molecular formula is C13H15ClN2O2S. The summed E-state index contributed by atoms with van der Waals surface area (Å²) in [6.07, 6.45) is 6.83. The highest BCUT2D eigenvalue weighted by atomic mass is 35.5. The van der Waals surface area contributed by atoms with Crippen LogP contribution in [0.3, 0.4) is 0 Å². The van der Waals surface area contributed by atoms with Gasteiger partial charge in [0.2, 0.25) is 5.91 Å². The number of carbonyl (C=O) groups excluding carboxylic acids is 2. The Morgan fingerprint density at radius 1 is 1.47 bits per heavy atom. The summed E-state index contributed by atoms with van der Waals surface area (Å²) < 4.78 is 0. The molecule has 0 radical (unpaired) electrons. The monoisotopic (exact) mass is 298 g/mol. The third kappa shape index (κ3) is 4.21. The first kappa shape index (κ1) is 14.3. The van der Waals surface area contributed by atoms with E-state index in [4.69, 9.17) is 11.6 Å². The van der Waals surface area contributed by atoms with Gasteiger partial charge in [0.25, 0.3) is 0 Å². The molecule has 0 saturated heterocycles. The smallest absolute Gasteiger partial charge is 0.220 e. The van der Waals surface area contributed by atoms with E-state index in [-0.39, 0.29) is 17.1 Å². The van der Waals surface area contributed by atoms with Crippen LogP contribution in [-0.4, -0.2) is 35.2 Å². The number of thioether (sulfide) groups is 1. The van der Waals surface area contributed by atoms with Crippen molar-refractivity contribution >= 4 is 40.8 Å². The number of amides is 1. The number of hydrogen-bond acceptors (Lipinski definition) is 4. The number of nitrogens with one attached hydrogen (secondary N) is 1. The average Bonchev–Trinajstić information content (AvgIpc) is 2.78. The van der Waals surface area contributed by atoms with Crippen LogP contribution in [0, 0.1) is 0 Å². The van der Waals surface area contributed by atoms with Crippen molar-refractivity contribution in [1.29, 1.82) is 0 Å². The lowest BCUT2D eigenvalue weighted by Crippen LogP contribution is -2.25. The molecule has 0 fully saturated rings. The molecular weight excluding hydrogens is 284 g/mol. The number of nitrogens with zero attached hydrogens (tertiary/aromatic N) is 1. The van der Waals surface area contributed by atoms with Crippen molar-refractivity contribution in [2.75, 3.05) is 12.4 Å². The van der Waals surface area contributed by atoms with Gasteiger partial charge in [0.05, 0.1) is 5.71 Å². The van der Waals surface area contributed by atoms with E-state index in [1.165, 1.54) is 6.08 Å². The fourth-order valence-electron chi connectivity index (χ4n) is 1.80. The molecule has 0 spiro atoms. The van der Waals surface area contributed by atoms with Crippen LogP contribution in [0.5, 0.6) is 0 Å². The first-order valence-electron chi connectivity index (χ1n) is 6.20. The molecule has 1 N–H and O–H groups in total. The van der Waals surface area contributed by atoms with Crippen LogP contribution in [0.15, 0.2) is 28.1 Å². The molecule has 1 unspecified atom stereocenters. The third-order valence-corrected chi connectivity index (χ3v) is 4.19. The number of fused-ring (bicyclic) bond motifs is 1. The van der Waals surface area contributed by atoms with Gasteiger partial charge in [-0.25, -0.2) is 0 Å². The van der Waals surface area contributed by atoms with Crippen molar-refractivity contribution in [3.63, 3.8) is 0 Å². The van der Waals surface area contributed by atoms with Gasteiger partial charge in [0.15, 0.2) is 5.78 Å². The van der Waals surface area contributed by atoms with Crippen LogP contribution in [-0.2, 0) is 9.59 Å². The van der Waals surface area contributed by atoms with Crippen LogP contribution in [0.1, 0.15) is 19.3 Å². The second kappa shape index (κ2) is 6.91. The lowest BCUT2D eigenvalue weighted by atomic mass is 10.1. The quantitative estimate of drug-likeness (QED) is 0.603. The minimum absolute atomic E-state index is 0.0106. The summed E-state index contributed by atoms with van der Waals surface area (Å²) in [5, 5.41) is 2.94. The number of halogens is 1. The van der Waals surface area contributed by atoms with E-state index in [0.717, 1.165) is 17.0 Å². The predicted molar refractivity (Wildman–Crippen MR) is 78.6 cm³/mol. The predicted octanol–water partition coefficient (Wildman–Crippen LogP) is 2.05. The lowest BCUT2D eigenvalue weighted by Gasteiger charge is -2.07. The molecule has 0 saturated carbocycles. The van der Waals surface area contributed by atoms with E-state index in [9.17, 15) is 9.59 Å². The normalized spacial score (nSPS) is 20.9. The second-order valence-electron chi connectivity index (χ2n) is 4.26. The van der Waals surface area contributed by atoms with Crippen LogP contribution in [0.2, 0.25) is 0 Å². The molecule has 1 atom stereocenters. The SMILES string of the molecule is O=C1C=CC2=NC(CCNC(=O)CCCCl)SC2=C1. The summed E-state index contributed by atoms with van der Waals surface area (Å²) in [7, 11) is 0. The maximum absolute atomic E-state index is 11.4. The molecule has 1 heterocycles. The Labute approximate surface area is 121 Å². The van der Waals surface area contributed by atoms with E-state index in [1.807, 2.05) is 0 Å². The zero-order valence-electron chi connectivity index (χ0n) is 10.4. The first-order valence-corrected chi connectivity index (χ1v) is 7.61. The number of rotatable bonds is 6. The van der Waals surface area contributed by atoms with Gasteiger partial charge in [0.1, 0.15) is 5.37 Å². The highest BCUT2D eigenvalue weighted by Crippen LogP contribution is 2.34. The molecule has 102 valence electrons. The van der Waals surface area contributed by atoms with Gasteiger partial charge < -0.3 is 5.32 Å². The van der Waals surface area contributed by atoms with Gasteiger partial charge >= 0.3 is 0 Å². The Bertz CT molecular complexity index is 471. The number of hydrogen-bond donors (Lipinski definition) is 1. The molecule has 6 heteroatoms. The maximum atomic E-state index is 11.4. The summed E-state index contributed by atoms with van der Waals surface area (Å²) in [6, 6.07) is 0. The minimum Gasteiger partial charge on any atom is -0.356 e. The number of allylic oxidation sites excluding steroid dienone is 4. The number of alkyl halides is 1. The Balaban J connectivity index is 1.73. The van der Waals surface area contributed by atoms with Gasteiger partial charge in [-0.15, -0.1) is 11.6 Å². The summed E-state index contributed by atoms with van der Waals surface area (Å²) in [5.41, 5.74) is 0.878. The van der Waals surface area contributed by atoms with Crippen LogP contribution < -0.4 is 5.32 Å².